The maximum Gasteiger partial charge on any atom is 0.208 e. The number of sulfone groups is 2. The van der Waals surface area contributed by atoms with E-state index in [0.29, 0.717) is 0 Å². The molecule has 2 aliphatic rings. The van der Waals surface area contributed by atoms with Gasteiger partial charge in [0.25, 0.3) is 0 Å². The Morgan fingerprint density at radius 3 is 2.22 bits per heavy atom. The van der Waals surface area contributed by atoms with Gasteiger partial charge in [-0.3, -0.25) is 0 Å². The van der Waals surface area contributed by atoms with Crippen molar-refractivity contribution in [2.75, 3.05) is 12.9 Å². The summed E-state index contributed by atoms with van der Waals surface area (Å²) in [5.41, 5.74) is 1.86. The summed E-state index contributed by atoms with van der Waals surface area (Å²) in [5.74, 6) is -0.781. The van der Waals surface area contributed by atoms with Crippen molar-refractivity contribution >= 4 is 19.7 Å². The highest BCUT2D eigenvalue weighted by Crippen LogP contribution is 2.47. The van der Waals surface area contributed by atoms with Gasteiger partial charge in [0.15, 0.2) is 19.7 Å². The van der Waals surface area contributed by atoms with Crippen LogP contribution in [0.1, 0.15) is 18.1 Å². The van der Waals surface area contributed by atoms with Crippen LogP contribution in [-0.2, 0) is 40.5 Å². The highest BCUT2D eigenvalue weighted by Gasteiger charge is 2.59. The Morgan fingerprint density at radius 1 is 0.938 bits per heavy atom. The number of aryl methyl sites for hydroxylation is 1. The third kappa shape index (κ3) is 4.34. The first-order chi connectivity index (χ1) is 15.1. The van der Waals surface area contributed by atoms with Gasteiger partial charge in [0.05, 0.1) is 28.9 Å². The van der Waals surface area contributed by atoms with Gasteiger partial charge in [-0.05, 0) is 31.5 Å². The molecule has 2 heterocycles. The van der Waals surface area contributed by atoms with Crippen molar-refractivity contribution in [2.24, 2.45) is 5.92 Å². The van der Waals surface area contributed by atoms with Crippen LogP contribution in [0.3, 0.4) is 0 Å². The molecular formula is C23H26O7S2. The van der Waals surface area contributed by atoms with Crippen molar-refractivity contribution in [1.29, 1.82) is 0 Å². The number of fused-ring (bicyclic) bond motifs is 1. The third-order valence-corrected chi connectivity index (χ3v) is 9.37. The zero-order valence-electron chi connectivity index (χ0n) is 18.1. The van der Waals surface area contributed by atoms with Gasteiger partial charge >= 0.3 is 0 Å². The van der Waals surface area contributed by atoms with Crippen LogP contribution in [0.2, 0.25) is 0 Å². The normalized spacial score (nSPS) is 25.6. The van der Waals surface area contributed by atoms with E-state index >= 15 is 0 Å². The van der Waals surface area contributed by atoms with Gasteiger partial charge in [0.2, 0.25) is 6.29 Å². The number of hydrogen-bond acceptors (Lipinski definition) is 7. The Labute approximate surface area is 188 Å². The van der Waals surface area contributed by atoms with Crippen LogP contribution in [0.25, 0.3) is 0 Å². The van der Waals surface area contributed by atoms with Crippen molar-refractivity contribution in [3.05, 3.63) is 76.4 Å². The number of benzene rings is 2. The number of allylic oxidation sites excluding steroid dienone is 1. The topological polar surface area (TPSA) is 96.0 Å². The van der Waals surface area contributed by atoms with Gasteiger partial charge in [0, 0.05) is 6.26 Å². The summed E-state index contributed by atoms with van der Waals surface area (Å²) in [7, 11) is -7.66. The van der Waals surface area contributed by atoms with E-state index in [1.807, 2.05) is 37.3 Å². The van der Waals surface area contributed by atoms with E-state index in [2.05, 4.69) is 0 Å². The molecule has 4 rings (SSSR count). The average molecular weight is 479 g/mol. The zero-order chi connectivity index (χ0) is 23.1. The molecule has 172 valence electrons. The predicted molar refractivity (Wildman–Crippen MR) is 119 cm³/mol. The molecule has 1 fully saturated rings. The van der Waals surface area contributed by atoms with E-state index < -0.39 is 43.2 Å². The minimum atomic E-state index is -3.95. The second-order valence-corrected chi connectivity index (χ2v) is 12.3. The maximum atomic E-state index is 13.7. The van der Waals surface area contributed by atoms with E-state index in [1.54, 1.807) is 12.1 Å². The number of ether oxygens (including phenoxy) is 3. The van der Waals surface area contributed by atoms with Crippen molar-refractivity contribution < 1.29 is 31.0 Å². The molecule has 4 atom stereocenters. The van der Waals surface area contributed by atoms with Gasteiger partial charge < -0.3 is 14.2 Å². The Kier molecular flexibility index (Phi) is 6.19. The van der Waals surface area contributed by atoms with Crippen LogP contribution in [0.5, 0.6) is 0 Å². The molecule has 0 bridgehead atoms. The van der Waals surface area contributed by atoms with Crippen molar-refractivity contribution in [3.8, 4) is 0 Å². The summed E-state index contributed by atoms with van der Waals surface area (Å²) in [6.07, 6.45) is -0.813. The van der Waals surface area contributed by atoms with Crippen molar-refractivity contribution in [2.45, 2.75) is 43.0 Å². The molecule has 0 radical (unpaired) electrons. The largest absolute Gasteiger partial charge is 0.468 e. The fourth-order valence-electron chi connectivity index (χ4n) is 4.35. The molecule has 0 aliphatic carbocycles. The minimum absolute atomic E-state index is 0.0168. The van der Waals surface area contributed by atoms with Crippen LogP contribution >= 0.6 is 0 Å². The lowest BCUT2D eigenvalue weighted by Gasteiger charge is -2.23. The van der Waals surface area contributed by atoms with Gasteiger partial charge in [-0.2, -0.15) is 0 Å². The van der Waals surface area contributed by atoms with Crippen LogP contribution in [-0.4, -0.2) is 47.3 Å². The zero-order valence-corrected chi connectivity index (χ0v) is 19.7. The first kappa shape index (κ1) is 23.0. The minimum Gasteiger partial charge on any atom is -0.468 e. The van der Waals surface area contributed by atoms with Crippen molar-refractivity contribution in [3.63, 3.8) is 0 Å². The van der Waals surface area contributed by atoms with Crippen LogP contribution in [0.4, 0.5) is 0 Å². The van der Waals surface area contributed by atoms with Crippen LogP contribution in [0, 0.1) is 12.8 Å². The Bertz CT molecular complexity index is 1220. The molecule has 9 heteroatoms. The van der Waals surface area contributed by atoms with E-state index in [0.717, 1.165) is 17.4 Å². The van der Waals surface area contributed by atoms with Crippen molar-refractivity contribution in [1.82, 2.24) is 0 Å². The van der Waals surface area contributed by atoms with Gasteiger partial charge in [-0.25, -0.2) is 16.8 Å². The summed E-state index contributed by atoms with van der Waals surface area (Å²) >= 11 is 0. The first-order valence-electron chi connectivity index (χ1n) is 10.2. The monoisotopic (exact) mass is 478 g/mol. The lowest BCUT2D eigenvalue weighted by molar-refractivity contribution is -0.121. The van der Waals surface area contributed by atoms with Gasteiger partial charge in [0.1, 0.15) is 17.1 Å². The molecule has 0 aromatic heterocycles. The number of hydrogen-bond donors (Lipinski definition) is 0. The second kappa shape index (κ2) is 8.62. The Balaban J connectivity index is 1.68. The maximum absolute atomic E-state index is 13.7. The molecule has 2 aromatic carbocycles. The average Bonchev–Trinajstić information content (AvgIpc) is 3.22. The fraction of sp³-hybridized carbons (Fsp3) is 0.391. The first-order valence-corrected chi connectivity index (χ1v) is 13.7. The third-order valence-electron chi connectivity index (χ3n) is 5.77. The molecule has 2 aliphatic heterocycles. The van der Waals surface area contributed by atoms with E-state index in [9.17, 15) is 16.8 Å². The second-order valence-electron chi connectivity index (χ2n) is 8.20. The summed E-state index contributed by atoms with van der Waals surface area (Å²) in [6, 6.07) is 16.0. The number of rotatable bonds is 7. The van der Waals surface area contributed by atoms with Crippen LogP contribution in [0.15, 0.2) is 70.2 Å². The standard InChI is InChI=1S/C23H26O7S2/c1-15-9-11-18(12-10-15)32(26,27)22-19(14-28-13-17-7-5-4-6-8-17)30-23-20(22)21(16(2)29-23)31(3,24)25/h4-12,19-20,22-23H,13-14H2,1-3H3/t19-,20+,22-,23-/m1/s1. The van der Waals surface area contributed by atoms with Gasteiger partial charge in [-0.15, -0.1) is 0 Å². The molecule has 0 amide bonds. The summed E-state index contributed by atoms with van der Waals surface area (Å²) < 4.78 is 69.8. The van der Waals surface area contributed by atoms with E-state index in [-0.39, 0.29) is 28.8 Å². The fourth-order valence-corrected chi connectivity index (χ4v) is 7.78. The van der Waals surface area contributed by atoms with E-state index in [4.69, 9.17) is 14.2 Å². The predicted octanol–water partition coefficient (Wildman–Crippen LogP) is 3.00. The molecule has 32 heavy (non-hydrogen) atoms. The highest BCUT2D eigenvalue weighted by molar-refractivity contribution is 7.95. The smallest absolute Gasteiger partial charge is 0.208 e. The Morgan fingerprint density at radius 2 is 1.59 bits per heavy atom. The van der Waals surface area contributed by atoms with E-state index in [1.165, 1.54) is 19.1 Å². The van der Waals surface area contributed by atoms with Crippen LogP contribution < -0.4 is 0 Å². The summed E-state index contributed by atoms with van der Waals surface area (Å²) in [5, 5.41) is -1.16. The lowest BCUT2D eigenvalue weighted by Crippen LogP contribution is -2.39. The molecule has 0 unspecified atom stereocenters. The molecular weight excluding hydrogens is 452 g/mol. The quantitative estimate of drug-likeness (QED) is 0.604. The van der Waals surface area contributed by atoms with Gasteiger partial charge in [-0.1, -0.05) is 48.0 Å². The SMILES string of the molecule is CC1=C(S(C)(=O)=O)[C@@H]2[C@H](O1)O[C@H](COCc1ccccc1)[C@H]2S(=O)(=O)c1ccc(C)cc1. The lowest BCUT2D eigenvalue weighted by atomic mass is 10.0. The molecule has 7 nitrogen and oxygen atoms in total. The Hall–Kier alpha value is -2.20. The molecule has 0 N–H and O–H groups in total. The molecule has 0 spiro atoms. The highest BCUT2D eigenvalue weighted by atomic mass is 32.2. The molecule has 2 aromatic rings. The summed E-state index contributed by atoms with van der Waals surface area (Å²) in [4.78, 5) is 0.0940. The molecule has 1 saturated heterocycles. The summed E-state index contributed by atoms with van der Waals surface area (Å²) in [6.45, 7) is 3.65. The molecule has 0 saturated carbocycles.